The van der Waals surface area contributed by atoms with Crippen molar-refractivity contribution in [3.63, 3.8) is 0 Å². The molecule has 4 N–H and O–H groups in total. The lowest BCUT2D eigenvalue weighted by Crippen LogP contribution is -2.17. The van der Waals surface area contributed by atoms with E-state index in [9.17, 15) is 18.0 Å². The molecule has 0 radical (unpaired) electrons. The van der Waals surface area contributed by atoms with Gasteiger partial charge < -0.3 is 11.1 Å². The lowest BCUT2D eigenvalue weighted by molar-refractivity contribution is 0.100. The minimum atomic E-state index is -3.76. The number of thiophene rings is 1. The van der Waals surface area contributed by atoms with Crippen LogP contribution < -0.4 is 15.8 Å². The van der Waals surface area contributed by atoms with E-state index >= 15 is 0 Å². The van der Waals surface area contributed by atoms with Gasteiger partial charge in [-0.15, -0.1) is 11.3 Å². The van der Waals surface area contributed by atoms with Gasteiger partial charge in [-0.3, -0.25) is 14.3 Å². The molecule has 0 fully saturated rings. The highest BCUT2D eigenvalue weighted by Crippen LogP contribution is 2.24. The van der Waals surface area contributed by atoms with Crippen LogP contribution in [-0.2, 0) is 10.0 Å². The zero-order valence-corrected chi connectivity index (χ0v) is 15.5. The van der Waals surface area contributed by atoms with E-state index in [0.717, 1.165) is 0 Å². The van der Waals surface area contributed by atoms with Gasteiger partial charge in [-0.1, -0.05) is 24.3 Å². The fourth-order valence-corrected chi connectivity index (χ4v) is 4.17. The smallest absolute Gasteiger partial charge is 0.261 e. The van der Waals surface area contributed by atoms with Gasteiger partial charge >= 0.3 is 0 Å². The zero-order valence-electron chi connectivity index (χ0n) is 13.9. The largest absolute Gasteiger partial charge is 0.366 e. The van der Waals surface area contributed by atoms with Crippen molar-refractivity contribution >= 4 is 43.9 Å². The maximum atomic E-state index is 12.4. The van der Waals surface area contributed by atoms with Crippen LogP contribution in [-0.4, -0.2) is 20.2 Å². The molecule has 0 saturated carbocycles. The first-order valence-corrected chi connectivity index (χ1v) is 10.1. The second-order valence-electron chi connectivity index (χ2n) is 5.48. The summed E-state index contributed by atoms with van der Waals surface area (Å²) in [6.45, 7) is 0. The standard InChI is InChI=1S/C18H15N3O4S2/c19-16(22)15-9-10-26-18(15)20-17(23)12-5-4-6-13(11-12)21-27(24,25)14-7-2-1-3-8-14/h1-11,21H,(H2,19,22)(H,20,23). The number of rotatable bonds is 6. The van der Waals surface area contributed by atoms with Crippen LogP contribution >= 0.6 is 11.3 Å². The van der Waals surface area contributed by atoms with E-state index < -0.39 is 21.8 Å². The molecule has 138 valence electrons. The average Bonchev–Trinajstić information content (AvgIpc) is 3.11. The summed E-state index contributed by atoms with van der Waals surface area (Å²) in [6.07, 6.45) is 0. The Morgan fingerprint density at radius 3 is 2.41 bits per heavy atom. The molecule has 1 heterocycles. The summed E-state index contributed by atoms with van der Waals surface area (Å²) < 4.78 is 27.2. The SMILES string of the molecule is NC(=O)c1ccsc1NC(=O)c1cccc(NS(=O)(=O)c2ccccc2)c1. The van der Waals surface area contributed by atoms with Crippen molar-refractivity contribution in [3.8, 4) is 0 Å². The van der Waals surface area contributed by atoms with E-state index in [1.165, 1.54) is 47.7 Å². The molecule has 0 aliphatic carbocycles. The van der Waals surface area contributed by atoms with Crippen molar-refractivity contribution in [3.05, 3.63) is 77.2 Å². The number of benzene rings is 2. The summed E-state index contributed by atoms with van der Waals surface area (Å²) in [5.41, 5.74) is 5.95. The van der Waals surface area contributed by atoms with Crippen molar-refractivity contribution in [1.82, 2.24) is 0 Å². The van der Waals surface area contributed by atoms with Crippen LogP contribution in [0, 0.1) is 0 Å². The van der Waals surface area contributed by atoms with Crippen molar-refractivity contribution in [2.75, 3.05) is 10.0 Å². The topological polar surface area (TPSA) is 118 Å². The third-order valence-electron chi connectivity index (χ3n) is 3.59. The van der Waals surface area contributed by atoms with Crippen molar-refractivity contribution < 1.29 is 18.0 Å². The highest BCUT2D eigenvalue weighted by Gasteiger charge is 2.16. The van der Waals surface area contributed by atoms with Gasteiger partial charge in [0.1, 0.15) is 5.00 Å². The zero-order chi connectivity index (χ0) is 19.4. The third kappa shape index (κ3) is 4.33. The van der Waals surface area contributed by atoms with Crippen LogP contribution in [0.3, 0.4) is 0 Å². The van der Waals surface area contributed by atoms with Gasteiger partial charge in [-0.2, -0.15) is 0 Å². The number of nitrogens with one attached hydrogen (secondary N) is 2. The molecule has 2 amide bonds. The molecule has 27 heavy (non-hydrogen) atoms. The maximum absolute atomic E-state index is 12.4. The summed E-state index contributed by atoms with van der Waals surface area (Å²) >= 11 is 1.17. The monoisotopic (exact) mass is 401 g/mol. The molecule has 3 aromatic rings. The van der Waals surface area contributed by atoms with Crippen molar-refractivity contribution in [2.24, 2.45) is 5.73 Å². The molecule has 7 nitrogen and oxygen atoms in total. The van der Waals surface area contributed by atoms with Crippen LogP contribution in [0.5, 0.6) is 0 Å². The quantitative estimate of drug-likeness (QED) is 0.588. The average molecular weight is 401 g/mol. The van der Waals surface area contributed by atoms with E-state index in [-0.39, 0.29) is 21.7 Å². The molecule has 1 aromatic heterocycles. The molecule has 3 rings (SSSR count). The summed E-state index contributed by atoms with van der Waals surface area (Å²) in [7, 11) is -3.76. The lowest BCUT2D eigenvalue weighted by atomic mass is 10.2. The van der Waals surface area contributed by atoms with E-state index in [2.05, 4.69) is 10.0 Å². The van der Waals surface area contributed by atoms with E-state index in [0.29, 0.717) is 5.00 Å². The van der Waals surface area contributed by atoms with E-state index in [1.54, 1.807) is 29.6 Å². The number of carbonyl (C=O) groups is 2. The minimum Gasteiger partial charge on any atom is -0.366 e. The minimum absolute atomic E-state index is 0.115. The maximum Gasteiger partial charge on any atom is 0.261 e. The highest BCUT2D eigenvalue weighted by atomic mass is 32.2. The van der Waals surface area contributed by atoms with Crippen molar-refractivity contribution in [1.29, 1.82) is 0 Å². The number of hydrogen-bond acceptors (Lipinski definition) is 5. The number of hydrogen-bond donors (Lipinski definition) is 3. The molecule has 0 saturated heterocycles. The predicted molar refractivity (Wildman–Crippen MR) is 104 cm³/mol. The lowest BCUT2D eigenvalue weighted by Gasteiger charge is -2.10. The first-order valence-electron chi connectivity index (χ1n) is 7.73. The van der Waals surface area contributed by atoms with Crippen LogP contribution in [0.1, 0.15) is 20.7 Å². The Hall–Kier alpha value is -3.17. The Morgan fingerprint density at radius 2 is 1.70 bits per heavy atom. The van der Waals surface area contributed by atoms with Gasteiger partial charge in [0.25, 0.3) is 21.8 Å². The Bertz CT molecular complexity index is 1090. The predicted octanol–water partition coefficient (Wildman–Crippen LogP) is 2.90. The molecule has 0 unspecified atom stereocenters. The van der Waals surface area contributed by atoms with Crippen LogP contribution in [0.15, 0.2) is 70.9 Å². The molecular formula is C18H15N3O4S2. The number of amides is 2. The number of carbonyl (C=O) groups excluding carboxylic acids is 2. The van der Waals surface area contributed by atoms with Gasteiger partial charge in [0, 0.05) is 11.3 Å². The first-order chi connectivity index (χ1) is 12.9. The Balaban J connectivity index is 1.80. The Morgan fingerprint density at radius 1 is 0.963 bits per heavy atom. The first kappa shape index (κ1) is 18.6. The number of nitrogens with two attached hydrogens (primary N) is 1. The molecular weight excluding hydrogens is 386 g/mol. The molecule has 0 aliphatic heterocycles. The second-order valence-corrected chi connectivity index (χ2v) is 8.08. The molecule has 2 aromatic carbocycles. The van der Waals surface area contributed by atoms with E-state index in [1.807, 2.05) is 0 Å². The fraction of sp³-hybridized carbons (Fsp3) is 0. The van der Waals surface area contributed by atoms with Crippen LogP contribution in [0.25, 0.3) is 0 Å². The fourth-order valence-electron chi connectivity index (χ4n) is 2.31. The van der Waals surface area contributed by atoms with Gasteiger partial charge in [-0.05, 0) is 41.8 Å². The summed E-state index contributed by atoms with van der Waals surface area (Å²) in [6, 6.07) is 15.5. The Labute approximate surface area is 159 Å². The Kier molecular flexibility index (Phi) is 5.24. The number of primary amides is 1. The molecule has 0 atom stereocenters. The normalized spacial score (nSPS) is 11.0. The highest BCUT2D eigenvalue weighted by molar-refractivity contribution is 7.92. The number of anilines is 2. The summed E-state index contributed by atoms with van der Waals surface area (Å²) in [5.74, 6) is -1.13. The number of sulfonamides is 1. The van der Waals surface area contributed by atoms with Crippen molar-refractivity contribution in [2.45, 2.75) is 4.90 Å². The molecule has 0 spiro atoms. The molecule has 0 bridgehead atoms. The molecule has 0 aliphatic rings. The van der Waals surface area contributed by atoms with Gasteiger partial charge in [0.15, 0.2) is 0 Å². The summed E-state index contributed by atoms with van der Waals surface area (Å²) in [4.78, 5) is 23.9. The van der Waals surface area contributed by atoms with Gasteiger partial charge in [0.2, 0.25) is 0 Å². The van der Waals surface area contributed by atoms with Crippen LogP contribution in [0.2, 0.25) is 0 Å². The third-order valence-corrected chi connectivity index (χ3v) is 5.82. The molecule has 9 heteroatoms. The van der Waals surface area contributed by atoms with Gasteiger partial charge in [0.05, 0.1) is 10.5 Å². The second kappa shape index (κ2) is 7.60. The summed E-state index contributed by atoms with van der Waals surface area (Å²) in [5, 5.41) is 4.59. The van der Waals surface area contributed by atoms with Crippen LogP contribution in [0.4, 0.5) is 10.7 Å². The van der Waals surface area contributed by atoms with E-state index in [4.69, 9.17) is 5.73 Å². The van der Waals surface area contributed by atoms with Gasteiger partial charge in [-0.25, -0.2) is 8.42 Å².